The maximum absolute atomic E-state index is 13.7. The van der Waals surface area contributed by atoms with E-state index in [9.17, 15) is 14.4 Å². The molecule has 0 radical (unpaired) electrons. The number of carbonyl (C=O) groups excluding carboxylic acids is 2. The number of Topliss-reactive ketones (excluding diaryl/α,β-unsaturated/α-hetero) is 1. The van der Waals surface area contributed by atoms with Gasteiger partial charge in [0.2, 0.25) is 5.91 Å². The highest BCUT2D eigenvalue weighted by molar-refractivity contribution is 5.87. The Hall–Kier alpha value is -2.47. The van der Waals surface area contributed by atoms with E-state index in [0.717, 1.165) is 56.0 Å². The fourth-order valence-electron chi connectivity index (χ4n) is 6.28. The SMILES string of the molecule is CCC(=O)[C@@H](C1CCCCC1)n1ccc2c(C3CCCN(C(=O)CNC4CC4)C3)cccc2c1=O.[HH]. The van der Waals surface area contributed by atoms with Gasteiger partial charge < -0.3 is 14.8 Å². The first kappa shape index (κ1) is 24.2. The molecule has 3 fully saturated rings. The molecule has 1 aromatic carbocycles. The minimum Gasteiger partial charge on any atom is -0.341 e. The maximum Gasteiger partial charge on any atom is 0.259 e. The van der Waals surface area contributed by atoms with Crippen molar-refractivity contribution < 1.29 is 11.0 Å². The van der Waals surface area contributed by atoms with E-state index in [1.54, 1.807) is 4.57 Å². The molecule has 2 aromatic rings. The lowest BCUT2D eigenvalue weighted by molar-refractivity contribution is -0.131. The van der Waals surface area contributed by atoms with Gasteiger partial charge in [-0.1, -0.05) is 38.3 Å². The molecule has 35 heavy (non-hydrogen) atoms. The summed E-state index contributed by atoms with van der Waals surface area (Å²) in [5, 5.41) is 5.00. The number of carbonyl (C=O) groups is 2. The first-order valence-corrected chi connectivity index (χ1v) is 13.7. The van der Waals surface area contributed by atoms with Gasteiger partial charge in [0.1, 0.15) is 0 Å². The van der Waals surface area contributed by atoms with Crippen molar-refractivity contribution in [2.45, 2.75) is 89.1 Å². The van der Waals surface area contributed by atoms with Crippen LogP contribution in [0.2, 0.25) is 0 Å². The Morgan fingerprint density at radius 2 is 1.83 bits per heavy atom. The van der Waals surface area contributed by atoms with Crippen LogP contribution in [0, 0.1) is 5.92 Å². The number of benzene rings is 1. The van der Waals surface area contributed by atoms with E-state index >= 15 is 0 Å². The Morgan fingerprint density at radius 3 is 2.57 bits per heavy atom. The van der Waals surface area contributed by atoms with Gasteiger partial charge in [-0.3, -0.25) is 14.4 Å². The largest absolute Gasteiger partial charge is 0.341 e. The molecule has 190 valence electrons. The van der Waals surface area contributed by atoms with E-state index in [-0.39, 0.29) is 36.6 Å². The van der Waals surface area contributed by atoms with E-state index in [1.165, 1.54) is 19.3 Å². The zero-order chi connectivity index (χ0) is 24.4. The number of likely N-dealkylation sites (tertiary alicyclic amines) is 1. The molecule has 1 saturated heterocycles. The number of ketones is 1. The van der Waals surface area contributed by atoms with Gasteiger partial charge >= 0.3 is 0 Å². The lowest BCUT2D eigenvalue weighted by Gasteiger charge is -2.34. The molecular formula is C29H41N3O3. The van der Waals surface area contributed by atoms with Gasteiger partial charge in [0.05, 0.1) is 12.6 Å². The van der Waals surface area contributed by atoms with Crippen LogP contribution in [0.4, 0.5) is 0 Å². The second kappa shape index (κ2) is 10.7. The van der Waals surface area contributed by atoms with Crippen LogP contribution in [0.3, 0.4) is 0 Å². The number of amides is 1. The normalized spacial score (nSPS) is 22.3. The highest BCUT2D eigenvalue weighted by Crippen LogP contribution is 2.35. The van der Waals surface area contributed by atoms with Crippen LogP contribution in [0.25, 0.3) is 10.8 Å². The molecule has 6 heteroatoms. The number of nitrogens with zero attached hydrogens (tertiary/aromatic N) is 2. The number of piperidine rings is 1. The summed E-state index contributed by atoms with van der Waals surface area (Å²) < 4.78 is 1.73. The van der Waals surface area contributed by atoms with Crippen LogP contribution >= 0.6 is 0 Å². The monoisotopic (exact) mass is 479 g/mol. The van der Waals surface area contributed by atoms with Gasteiger partial charge in [-0.15, -0.1) is 0 Å². The first-order chi connectivity index (χ1) is 17.1. The predicted octanol–water partition coefficient (Wildman–Crippen LogP) is 4.81. The standard InChI is InChI=1S/C29H39N3O3.H2/c1-2-26(33)28(20-8-4-3-5-9-20)32-17-15-24-23(11-6-12-25(24)29(32)35)21-10-7-16-31(19-21)27(34)18-30-22-13-14-22;/h6,11-12,15,17,20-22,28,30H,2-5,7-10,13-14,16,18-19H2,1H3;1H/t21?,28-;/m1./s1. The van der Waals surface area contributed by atoms with Crippen molar-refractivity contribution in [2.75, 3.05) is 19.6 Å². The Kier molecular flexibility index (Phi) is 7.37. The number of aromatic nitrogens is 1. The Morgan fingerprint density at radius 1 is 1.03 bits per heavy atom. The van der Waals surface area contributed by atoms with Crippen molar-refractivity contribution in [3.05, 3.63) is 46.4 Å². The number of fused-ring (bicyclic) bond motifs is 1. The molecule has 3 aliphatic rings. The molecule has 2 atom stereocenters. The fraction of sp³-hybridized carbons (Fsp3) is 0.621. The molecule has 6 nitrogen and oxygen atoms in total. The van der Waals surface area contributed by atoms with Gasteiger partial charge in [-0.2, -0.15) is 0 Å². The van der Waals surface area contributed by atoms with Gasteiger partial charge in [0.25, 0.3) is 5.56 Å². The van der Waals surface area contributed by atoms with Crippen molar-refractivity contribution in [3.8, 4) is 0 Å². The van der Waals surface area contributed by atoms with E-state index < -0.39 is 0 Å². The van der Waals surface area contributed by atoms with Crippen LogP contribution in [0.15, 0.2) is 35.3 Å². The quantitative estimate of drug-likeness (QED) is 0.590. The molecule has 2 saturated carbocycles. The van der Waals surface area contributed by atoms with E-state index in [1.807, 2.05) is 36.2 Å². The summed E-state index contributed by atoms with van der Waals surface area (Å²) in [6.07, 6.45) is 12.2. The Bertz CT molecular complexity index is 1140. The molecule has 1 unspecified atom stereocenters. The smallest absolute Gasteiger partial charge is 0.259 e. The zero-order valence-electron chi connectivity index (χ0n) is 21.0. The summed E-state index contributed by atoms with van der Waals surface area (Å²) in [4.78, 5) is 41.5. The summed E-state index contributed by atoms with van der Waals surface area (Å²) >= 11 is 0. The number of hydrogen-bond donors (Lipinski definition) is 1. The molecule has 1 amide bonds. The number of hydrogen-bond acceptors (Lipinski definition) is 4. The second-order valence-electron chi connectivity index (χ2n) is 10.8. The highest BCUT2D eigenvalue weighted by atomic mass is 16.2. The molecule has 0 spiro atoms. The summed E-state index contributed by atoms with van der Waals surface area (Å²) in [6, 6.07) is 8.19. The van der Waals surface area contributed by atoms with E-state index in [4.69, 9.17) is 0 Å². The van der Waals surface area contributed by atoms with Gasteiger partial charge in [0.15, 0.2) is 5.78 Å². The maximum atomic E-state index is 13.7. The predicted molar refractivity (Wildman–Crippen MR) is 141 cm³/mol. The minimum atomic E-state index is -0.359. The van der Waals surface area contributed by atoms with Crippen LogP contribution < -0.4 is 10.9 Å². The molecule has 2 heterocycles. The lowest BCUT2D eigenvalue weighted by Crippen LogP contribution is -2.43. The highest BCUT2D eigenvalue weighted by Gasteiger charge is 2.32. The summed E-state index contributed by atoms with van der Waals surface area (Å²) in [5.41, 5.74) is 1.09. The van der Waals surface area contributed by atoms with Crippen molar-refractivity contribution >= 4 is 22.5 Å². The summed E-state index contributed by atoms with van der Waals surface area (Å²) in [7, 11) is 0. The van der Waals surface area contributed by atoms with Crippen LogP contribution in [-0.2, 0) is 9.59 Å². The molecule has 1 aliphatic heterocycles. The van der Waals surface area contributed by atoms with Crippen LogP contribution in [0.5, 0.6) is 0 Å². The van der Waals surface area contributed by atoms with Crippen LogP contribution in [-0.4, -0.2) is 46.8 Å². The van der Waals surface area contributed by atoms with Crippen molar-refractivity contribution in [2.24, 2.45) is 5.92 Å². The number of nitrogens with one attached hydrogen (secondary N) is 1. The fourth-order valence-corrected chi connectivity index (χ4v) is 6.28. The molecule has 5 rings (SSSR count). The molecule has 1 N–H and O–H groups in total. The van der Waals surface area contributed by atoms with Crippen molar-refractivity contribution in [1.82, 2.24) is 14.8 Å². The first-order valence-electron chi connectivity index (χ1n) is 13.7. The topological polar surface area (TPSA) is 71.4 Å². The Labute approximate surface area is 209 Å². The molecule has 0 bridgehead atoms. The van der Waals surface area contributed by atoms with Crippen molar-refractivity contribution in [3.63, 3.8) is 0 Å². The third-order valence-electron chi connectivity index (χ3n) is 8.41. The van der Waals surface area contributed by atoms with Gasteiger partial charge in [-0.05, 0) is 67.5 Å². The van der Waals surface area contributed by atoms with Gasteiger partial charge in [-0.25, -0.2) is 0 Å². The molecule has 2 aliphatic carbocycles. The zero-order valence-corrected chi connectivity index (χ0v) is 21.0. The average molecular weight is 480 g/mol. The second-order valence-corrected chi connectivity index (χ2v) is 10.8. The number of rotatable bonds is 8. The van der Waals surface area contributed by atoms with E-state index in [2.05, 4.69) is 11.4 Å². The summed E-state index contributed by atoms with van der Waals surface area (Å²) in [6.45, 7) is 3.83. The third-order valence-corrected chi connectivity index (χ3v) is 8.41. The molecule has 1 aromatic heterocycles. The van der Waals surface area contributed by atoms with Crippen molar-refractivity contribution in [1.29, 1.82) is 0 Å². The van der Waals surface area contributed by atoms with E-state index in [0.29, 0.717) is 30.9 Å². The summed E-state index contributed by atoms with van der Waals surface area (Å²) in [5.74, 6) is 0.809. The average Bonchev–Trinajstić information content (AvgIpc) is 3.74. The Balaban J connectivity index is 0.00000304. The lowest BCUT2D eigenvalue weighted by atomic mass is 9.81. The number of pyridine rings is 1. The molecular weight excluding hydrogens is 438 g/mol. The van der Waals surface area contributed by atoms with Gasteiger partial charge in [0, 0.05) is 44.5 Å². The third kappa shape index (κ3) is 5.23. The van der Waals surface area contributed by atoms with Crippen LogP contribution in [0.1, 0.15) is 90.1 Å². The minimum absolute atomic E-state index is 0.